The summed E-state index contributed by atoms with van der Waals surface area (Å²) in [5.74, 6) is -0.0631. The lowest BCUT2D eigenvalue weighted by Gasteiger charge is -2.42. The summed E-state index contributed by atoms with van der Waals surface area (Å²) in [4.78, 5) is 14.9. The molecule has 8 heteroatoms. The number of nitrogens with zero attached hydrogens (tertiary/aromatic N) is 2. The zero-order valence-corrected chi connectivity index (χ0v) is 17.7. The molecule has 0 saturated carbocycles. The second-order valence-electron chi connectivity index (χ2n) is 8.10. The molecule has 1 amide bonds. The highest BCUT2D eigenvalue weighted by Gasteiger charge is 2.35. The minimum absolute atomic E-state index is 0. The lowest BCUT2D eigenvalue weighted by molar-refractivity contribution is 0.0533. The van der Waals surface area contributed by atoms with Crippen molar-refractivity contribution in [3.63, 3.8) is 0 Å². The molecular weight excluding hydrogens is 386 g/mol. The Morgan fingerprint density at radius 3 is 2.22 bits per heavy atom. The summed E-state index contributed by atoms with van der Waals surface area (Å²) in [7, 11) is -3.46. The van der Waals surface area contributed by atoms with Crippen molar-refractivity contribution in [2.24, 2.45) is 11.1 Å². The van der Waals surface area contributed by atoms with Gasteiger partial charge in [-0.05, 0) is 48.9 Å². The molecule has 1 aromatic rings. The molecule has 2 N–H and O–H groups in total. The van der Waals surface area contributed by atoms with E-state index in [4.69, 9.17) is 5.73 Å². The average Bonchev–Trinajstić information content (AvgIpc) is 2.64. The molecule has 2 fully saturated rings. The van der Waals surface area contributed by atoms with Crippen molar-refractivity contribution in [2.75, 3.05) is 26.2 Å². The Hall–Kier alpha value is -1.15. The van der Waals surface area contributed by atoms with Crippen molar-refractivity contribution in [1.82, 2.24) is 9.21 Å². The molecule has 2 saturated heterocycles. The highest BCUT2D eigenvalue weighted by molar-refractivity contribution is 7.89. The molecule has 1 aromatic carbocycles. The summed E-state index contributed by atoms with van der Waals surface area (Å²) in [6, 6.07) is 6.45. The van der Waals surface area contributed by atoms with Gasteiger partial charge in [0.25, 0.3) is 5.91 Å². The molecule has 2 heterocycles. The molecule has 0 spiro atoms. The van der Waals surface area contributed by atoms with Gasteiger partial charge in [-0.1, -0.05) is 20.3 Å². The summed E-state index contributed by atoms with van der Waals surface area (Å²) < 4.78 is 27.0. The Morgan fingerprint density at radius 2 is 1.67 bits per heavy atom. The van der Waals surface area contributed by atoms with Gasteiger partial charge in [0.2, 0.25) is 10.0 Å². The zero-order chi connectivity index (χ0) is 18.9. The van der Waals surface area contributed by atoms with E-state index in [0.29, 0.717) is 31.7 Å². The SMILES string of the molecule is CC1(C)CN(C(=O)c2ccc(S(=O)(=O)N3CCCCC3)cc2)CCC1N.Cl. The first-order valence-electron chi connectivity index (χ1n) is 9.37. The predicted octanol–water partition coefficient (Wildman–Crippen LogP) is 2.48. The van der Waals surface area contributed by atoms with Crippen LogP contribution in [0.15, 0.2) is 29.2 Å². The van der Waals surface area contributed by atoms with E-state index in [1.165, 1.54) is 0 Å². The van der Waals surface area contributed by atoms with Crippen molar-refractivity contribution >= 4 is 28.3 Å². The van der Waals surface area contributed by atoms with Gasteiger partial charge in [-0.25, -0.2) is 8.42 Å². The highest BCUT2D eigenvalue weighted by Crippen LogP contribution is 2.29. The second-order valence-corrected chi connectivity index (χ2v) is 10.0. The largest absolute Gasteiger partial charge is 0.338 e. The Balaban J connectivity index is 0.00000261. The number of benzene rings is 1. The van der Waals surface area contributed by atoms with Gasteiger partial charge in [0.15, 0.2) is 0 Å². The van der Waals surface area contributed by atoms with Gasteiger partial charge in [-0.2, -0.15) is 4.31 Å². The standard InChI is InChI=1S/C19H29N3O3S.ClH/c1-19(2)14-21(13-10-17(19)20)18(23)15-6-8-16(9-7-15)26(24,25)22-11-4-3-5-12-22;/h6-9,17H,3-5,10-14,20H2,1-2H3;1H. The maximum Gasteiger partial charge on any atom is 0.253 e. The maximum atomic E-state index is 12.8. The van der Waals surface area contributed by atoms with E-state index in [2.05, 4.69) is 13.8 Å². The average molecular weight is 416 g/mol. The number of sulfonamides is 1. The van der Waals surface area contributed by atoms with Gasteiger partial charge in [-0.15, -0.1) is 12.4 Å². The van der Waals surface area contributed by atoms with Gasteiger partial charge < -0.3 is 10.6 Å². The molecule has 2 aliphatic heterocycles. The third-order valence-corrected chi connectivity index (χ3v) is 7.57. The topological polar surface area (TPSA) is 83.7 Å². The van der Waals surface area contributed by atoms with Gasteiger partial charge in [0, 0.05) is 37.8 Å². The van der Waals surface area contributed by atoms with E-state index in [0.717, 1.165) is 25.7 Å². The lowest BCUT2D eigenvalue weighted by Crippen LogP contribution is -2.54. The number of rotatable bonds is 3. The van der Waals surface area contributed by atoms with Crippen molar-refractivity contribution in [1.29, 1.82) is 0 Å². The number of nitrogens with two attached hydrogens (primary N) is 1. The summed E-state index contributed by atoms with van der Waals surface area (Å²) in [6.07, 6.45) is 3.67. The van der Waals surface area contributed by atoms with Gasteiger partial charge >= 0.3 is 0 Å². The van der Waals surface area contributed by atoms with Crippen molar-refractivity contribution in [3.05, 3.63) is 29.8 Å². The van der Waals surface area contributed by atoms with E-state index in [9.17, 15) is 13.2 Å². The molecule has 0 bridgehead atoms. The van der Waals surface area contributed by atoms with Crippen LogP contribution in [0, 0.1) is 5.41 Å². The first kappa shape index (κ1) is 22.1. The Kier molecular flexibility index (Phi) is 6.95. The van der Waals surface area contributed by atoms with Crippen molar-refractivity contribution in [2.45, 2.75) is 50.5 Å². The number of carbonyl (C=O) groups is 1. The van der Waals surface area contributed by atoms with Crippen LogP contribution in [0.1, 0.15) is 49.9 Å². The normalized spacial score (nSPS) is 23.5. The predicted molar refractivity (Wildman–Crippen MR) is 109 cm³/mol. The third kappa shape index (κ3) is 4.65. The van der Waals surface area contributed by atoms with Crippen LogP contribution in [0.3, 0.4) is 0 Å². The van der Waals surface area contributed by atoms with Crippen LogP contribution >= 0.6 is 12.4 Å². The summed E-state index contributed by atoms with van der Waals surface area (Å²) in [6.45, 7) is 6.55. The van der Waals surface area contributed by atoms with Crippen LogP contribution in [0.5, 0.6) is 0 Å². The Bertz CT molecular complexity index is 759. The summed E-state index contributed by atoms with van der Waals surface area (Å²) in [5, 5.41) is 0. The van der Waals surface area contributed by atoms with E-state index < -0.39 is 10.0 Å². The molecule has 152 valence electrons. The number of amides is 1. The van der Waals surface area contributed by atoms with E-state index in [-0.39, 0.29) is 34.7 Å². The number of carbonyl (C=O) groups excluding carboxylic acids is 1. The van der Waals surface area contributed by atoms with Crippen LogP contribution in [0.2, 0.25) is 0 Å². The Labute approximate surface area is 168 Å². The minimum atomic E-state index is -3.46. The van der Waals surface area contributed by atoms with Gasteiger partial charge in [0.05, 0.1) is 4.90 Å². The quantitative estimate of drug-likeness (QED) is 0.821. The fourth-order valence-electron chi connectivity index (χ4n) is 3.75. The van der Waals surface area contributed by atoms with E-state index >= 15 is 0 Å². The number of piperidine rings is 2. The third-order valence-electron chi connectivity index (χ3n) is 5.65. The number of hydrogen-bond acceptors (Lipinski definition) is 4. The minimum Gasteiger partial charge on any atom is -0.338 e. The van der Waals surface area contributed by atoms with Crippen molar-refractivity contribution < 1.29 is 13.2 Å². The second kappa shape index (κ2) is 8.47. The fourth-order valence-corrected chi connectivity index (χ4v) is 5.27. The van der Waals surface area contributed by atoms with Crippen LogP contribution < -0.4 is 5.73 Å². The zero-order valence-electron chi connectivity index (χ0n) is 16.1. The van der Waals surface area contributed by atoms with Gasteiger partial charge in [0.1, 0.15) is 0 Å². The maximum absolute atomic E-state index is 12.8. The number of hydrogen-bond donors (Lipinski definition) is 1. The van der Waals surface area contributed by atoms with Crippen LogP contribution in [-0.2, 0) is 10.0 Å². The van der Waals surface area contributed by atoms with E-state index in [1.54, 1.807) is 28.6 Å². The molecule has 1 atom stereocenters. The Morgan fingerprint density at radius 1 is 1.07 bits per heavy atom. The van der Waals surface area contributed by atoms with Crippen molar-refractivity contribution in [3.8, 4) is 0 Å². The first-order valence-corrected chi connectivity index (χ1v) is 10.8. The van der Waals surface area contributed by atoms with E-state index in [1.807, 2.05) is 4.90 Å². The molecule has 0 radical (unpaired) electrons. The summed E-state index contributed by atoms with van der Waals surface area (Å²) >= 11 is 0. The molecule has 3 rings (SSSR count). The molecule has 1 unspecified atom stereocenters. The monoisotopic (exact) mass is 415 g/mol. The van der Waals surface area contributed by atoms with Crippen LogP contribution in [-0.4, -0.2) is 55.8 Å². The molecule has 0 aromatic heterocycles. The lowest BCUT2D eigenvalue weighted by atomic mass is 9.79. The smallest absolute Gasteiger partial charge is 0.253 e. The van der Waals surface area contributed by atoms with Gasteiger partial charge in [-0.3, -0.25) is 4.79 Å². The molecule has 2 aliphatic rings. The highest BCUT2D eigenvalue weighted by atomic mass is 35.5. The molecule has 27 heavy (non-hydrogen) atoms. The molecular formula is C19H30ClN3O3S. The molecule has 6 nitrogen and oxygen atoms in total. The first-order chi connectivity index (χ1) is 12.2. The van der Waals surface area contributed by atoms with Crippen LogP contribution in [0.25, 0.3) is 0 Å². The number of likely N-dealkylation sites (tertiary alicyclic amines) is 1. The van der Waals surface area contributed by atoms with Crippen LogP contribution in [0.4, 0.5) is 0 Å². The number of halogens is 1. The molecule has 0 aliphatic carbocycles. The fraction of sp³-hybridized carbons (Fsp3) is 0.632. The summed E-state index contributed by atoms with van der Waals surface area (Å²) in [5.41, 5.74) is 6.55.